The van der Waals surface area contributed by atoms with Crippen LogP contribution in [-0.4, -0.2) is 41.8 Å². The van der Waals surface area contributed by atoms with E-state index in [4.69, 9.17) is 16.7 Å². The van der Waals surface area contributed by atoms with Crippen LogP contribution in [0.25, 0.3) is 0 Å². The Balaban J connectivity index is 0.00000192. The number of halogens is 2. The molecule has 1 aromatic carbocycles. The first-order chi connectivity index (χ1) is 10.7. The molecule has 3 rings (SSSR count). The molecule has 23 heavy (non-hydrogen) atoms. The number of nitrogens with zero attached hydrogens (tertiary/aromatic N) is 3. The van der Waals surface area contributed by atoms with Crippen molar-refractivity contribution in [2.45, 2.75) is 13.5 Å². The average molecular weight is 370 g/mol. The maximum atomic E-state index is 5.93. The SMILES string of the molecule is C/C(=N\N1CCN(Cc2ccc(Cl)cc2)CC1)c1cccs1.Cl. The predicted octanol–water partition coefficient (Wildman–Crippen LogP) is 4.37. The molecule has 1 saturated heterocycles. The first-order valence-electron chi connectivity index (χ1n) is 7.51. The van der Waals surface area contributed by atoms with Crippen LogP contribution < -0.4 is 0 Å². The topological polar surface area (TPSA) is 18.8 Å². The summed E-state index contributed by atoms with van der Waals surface area (Å²) >= 11 is 7.67. The number of rotatable bonds is 4. The Morgan fingerprint density at radius 3 is 2.43 bits per heavy atom. The van der Waals surface area contributed by atoms with Crippen LogP contribution in [0.15, 0.2) is 46.9 Å². The van der Waals surface area contributed by atoms with E-state index in [0.717, 1.165) is 43.5 Å². The molecule has 1 aliphatic rings. The van der Waals surface area contributed by atoms with Gasteiger partial charge < -0.3 is 0 Å². The molecule has 0 atom stereocenters. The first-order valence-corrected chi connectivity index (χ1v) is 8.77. The quantitative estimate of drug-likeness (QED) is 0.745. The van der Waals surface area contributed by atoms with Crippen molar-refractivity contribution in [2.75, 3.05) is 26.2 Å². The van der Waals surface area contributed by atoms with Crippen LogP contribution in [0.5, 0.6) is 0 Å². The van der Waals surface area contributed by atoms with Crippen LogP contribution in [0.4, 0.5) is 0 Å². The average Bonchev–Trinajstić information content (AvgIpc) is 3.06. The second-order valence-corrected chi connectivity index (χ2v) is 6.90. The molecule has 6 heteroatoms. The summed E-state index contributed by atoms with van der Waals surface area (Å²) in [5.41, 5.74) is 2.43. The Bertz CT molecular complexity index is 618. The van der Waals surface area contributed by atoms with Crippen molar-refractivity contribution in [3.05, 3.63) is 57.2 Å². The summed E-state index contributed by atoms with van der Waals surface area (Å²) in [6.07, 6.45) is 0. The normalized spacial score (nSPS) is 16.3. The number of benzene rings is 1. The maximum Gasteiger partial charge on any atom is 0.0746 e. The molecule has 124 valence electrons. The molecule has 0 aliphatic carbocycles. The van der Waals surface area contributed by atoms with E-state index >= 15 is 0 Å². The first kappa shape index (κ1) is 18.3. The largest absolute Gasteiger partial charge is 0.295 e. The summed E-state index contributed by atoms with van der Waals surface area (Å²) in [5, 5.41) is 9.83. The molecule has 0 saturated carbocycles. The lowest BCUT2D eigenvalue weighted by molar-refractivity contribution is 0.130. The number of piperazine rings is 1. The predicted molar refractivity (Wildman–Crippen MR) is 102 cm³/mol. The Hall–Kier alpha value is -1.07. The summed E-state index contributed by atoms with van der Waals surface area (Å²) in [7, 11) is 0. The lowest BCUT2D eigenvalue weighted by Crippen LogP contribution is -2.43. The van der Waals surface area contributed by atoms with Crippen LogP contribution in [0.1, 0.15) is 17.4 Å². The van der Waals surface area contributed by atoms with E-state index in [9.17, 15) is 0 Å². The molecule has 0 bridgehead atoms. The minimum Gasteiger partial charge on any atom is -0.295 e. The molecule has 1 aromatic heterocycles. The van der Waals surface area contributed by atoms with Crippen molar-refractivity contribution in [2.24, 2.45) is 5.10 Å². The third-order valence-electron chi connectivity index (χ3n) is 3.84. The molecule has 2 heterocycles. The van der Waals surface area contributed by atoms with E-state index in [2.05, 4.69) is 46.5 Å². The fraction of sp³-hybridized carbons (Fsp3) is 0.353. The van der Waals surface area contributed by atoms with Crippen LogP contribution in [0.3, 0.4) is 0 Å². The summed E-state index contributed by atoms with van der Waals surface area (Å²) in [4.78, 5) is 3.72. The van der Waals surface area contributed by atoms with E-state index in [1.54, 1.807) is 11.3 Å². The van der Waals surface area contributed by atoms with Gasteiger partial charge in [-0.15, -0.1) is 23.7 Å². The zero-order valence-corrected chi connectivity index (χ0v) is 15.5. The van der Waals surface area contributed by atoms with E-state index in [-0.39, 0.29) is 12.4 Å². The summed E-state index contributed by atoms with van der Waals surface area (Å²) in [5.74, 6) is 0. The lowest BCUT2D eigenvalue weighted by atomic mass is 10.2. The molecule has 0 spiro atoms. The molecule has 0 amide bonds. The van der Waals surface area contributed by atoms with Crippen molar-refractivity contribution in [1.29, 1.82) is 0 Å². The lowest BCUT2D eigenvalue weighted by Gasteiger charge is -2.33. The van der Waals surface area contributed by atoms with Crippen LogP contribution >= 0.6 is 35.3 Å². The molecule has 1 fully saturated rings. The molecular formula is C17H21Cl2N3S. The molecule has 0 N–H and O–H groups in total. The fourth-order valence-corrected chi connectivity index (χ4v) is 3.39. The van der Waals surface area contributed by atoms with Gasteiger partial charge in [0.25, 0.3) is 0 Å². The smallest absolute Gasteiger partial charge is 0.0746 e. The number of hydrogen-bond donors (Lipinski definition) is 0. The summed E-state index contributed by atoms with van der Waals surface area (Å²) < 4.78 is 0. The van der Waals surface area contributed by atoms with E-state index in [0.29, 0.717) is 0 Å². The Labute approximate surface area is 153 Å². The van der Waals surface area contributed by atoms with E-state index < -0.39 is 0 Å². The molecule has 0 unspecified atom stereocenters. The van der Waals surface area contributed by atoms with E-state index in [1.807, 2.05) is 12.1 Å². The summed E-state index contributed by atoms with van der Waals surface area (Å²) in [6, 6.07) is 12.3. The summed E-state index contributed by atoms with van der Waals surface area (Å²) in [6.45, 7) is 7.13. The second-order valence-electron chi connectivity index (χ2n) is 5.52. The van der Waals surface area contributed by atoms with Gasteiger partial charge in [-0.25, -0.2) is 0 Å². The van der Waals surface area contributed by atoms with Gasteiger partial charge in [0, 0.05) is 42.6 Å². The van der Waals surface area contributed by atoms with Crippen molar-refractivity contribution < 1.29 is 0 Å². The Morgan fingerprint density at radius 2 is 1.83 bits per heavy atom. The number of hydrazone groups is 1. The van der Waals surface area contributed by atoms with Crippen molar-refractivity contribution >= 4 is 41.1 Å². The molecule has 3 nitrogen and oxygen atoms in total. The molecule has 1 aliphatic heterocycles. The molecule has 2 aromatic rings. The van der Waals surface area contributed by atoms with Gasteiger partial charge in [0.1, 0.15) is 0 Å². The fourth-order valence-electron chi connectivity index (χ4n) is 2.59. The van der Waals surface area contributed by atoms with Gasteiger partial charge in [-0.1, -0.05) is 29.8 Å². The third kappa shape index (κ3) is 5.21. The van der Waals surface area contributed by atoms with Gasteiger partial charge >= 0.3 is 0 Å². The van der Waals surface area contributed by atoms with Crippen molar-refractivity contribution in [1.82, 2.24) is 9.91 Å². The highest BCUT2D eigenvalue weighted by Crippen LogP contribution is 2.14. The van der Waals surface area contributed by atoms with Gasteiger partial charge in [0.15, 0.2) is 0 Å². The van der Waals surface area contributed by atoms with Gasteiger partial charge in [-0.3, -0.25) is 9.91 Å². The highest BCUT2D eigenvalue weighted by Gasteiger charge is 2.16. The van der Waals surface area contributed by atoms with Crippen molar-refractivity contribution in [3.63, 3.8) is 0 Å². The highest BCUT2D eigenvalue weighted by atomic mass is 35.5. The Kier molecular flexibility index (Phi) is 6.90. The van der Waals surface area contributed by atoms with Gasteiger partial charge in [0.05, 0.1) is 5.71 Å². The maximum absolute atomic E-state index is 5.93. The van der Waals surface area contributed by atoms with Crippen molar-refractivity contribution in [3.8, 4) is 0 Å². The monoisotopic (exact) mass is 369 g/mol. The second kappa shape index (κ2) is 8.69. The number of thiophene rings is 1. The van der Waals surface area contributed by atoms with Gasteiger partial charge in [-0.05, 0) is 36.1 Å². The van der Waals surface area contributed by atoms with E-state index in [1.165, 1.54) is 10.4 Å². The Morgan fingerprint density at radius 1 is 1.13 bits per heavy atom. The zero-order chi connectivity index (χ0) is 15.4. The van der Waals surface area contributed by atoms with Gasteiger partial charge in [0.2, 0.25) is 0 Å². The number of hydrogen-bond acceptors (Lipinski definition) is 4. The molecular weight excluding hydrogens is 349 g/mol. The zero-order valence-electron chi connectivity index (χ0n) is 13.1. The third-order valence-corrected chi connectivity index (χ3v) is 5.07. The highest BCUT2D eigenvalue weighted by molar-refractivity contribution is 7.12. The minimum atomic E-state index is 0. The van der Waals surface area contributed by atoms with Crippen LogP contribution in [0.2, 0.25) is 5.02 Å². The van der Waals surface area contributed by atoms with Gasteiger partial charge in [-0.2, -0.15) is 5.10 Å². The minimum absolute atomic E-state index is 0. The van der Waals surface area contributed by atoms with Crippen LogP contribution in [0, 0.1) is 0 Å². The van der Waals surface area contributed by atoms with Crippen LogP contribution in [-0.2, 0) is 6.54 Å². The molecule has 0 radical (unpaired) electrons. The standard InChI is InChI=1S/C17H20ClN3S.ClH/c1-14(17-3-2-12-22-17)19-21-10-8-20(9-11-21)13-15-4-6-16(18)7-5-15;/h2-7,12H,8-11,13H2,1H3;1H/b19-14+;.